The standard InChI is InChI=1S/C13H18N2O4/c1-2-19-13(18)11(14)12(17)15-10(8-16)9-6-4-3-5-7-9/h3-7,10-11,16H,2,8,14H2,1H3,(H,15,17)/t10-,11?/m1/s1. The molecule has 104 valence electrons. The van der Waals surface area contributed by atoms with E-state index in [1.165, 1.54) is 0 Å². The number of rotatable bonds is 6. The van der Waals surface area contributed by atoms with Gasteiger partial charge >= 0.3 is 5.97 Å². The fraction of sp³-hybridized carbons (Fsp3) is 0.385. The molecule has 0 aliphatic heterocycles. The molecule has 1 amide bonds. The lowest BCUT2D eigenvalue weighted by Gasteiger charge is -2.18. The molecule has 0 saturated heterocycles. The number of nitrogens with one attached hydrogen (secondary N) is 1. The van der Waals surface area contributed by atoms with Gasteiger partial charge < -0.3 is 20.9 Å². The molecule has 1 aromatic rings. The summed E-state index contributed by atoms with van der Waals surface area (Å²) in [6, 6.07) is 6.93. The smallest absolute Gasteiger partial charge is 0.332 e. The van der Waals surface area contributed by atoms with Crippen molar-refractivity contribution in [1.82, 2.24) is 5.32 Å². The summed E-state index contributed by atoms with van der Waals surface area (Å²) in [4.78, 5) is 23.1. The second kappa shape index (κ2) is 7.50. The van der Waals surface area contributed by atoms with E-state index >= 15 is 0 Å². The quantitative estimate of drug-likeness (QED) is 0.486. The third-order valence-electron chi connectivity index (χ3n) is 2.52. The summed E-state index contributed by atoms with van der Waals surface area (Å²) in [6.45, 7) is 1.50. The number of carbonyl (C=O) groups excluding carboxylic acids is 2. The number of aliphatic hydroxyl groups is 1. The van der Waals surface area contributed by atoms with E-state index in [0.29, 0.717) is 0 Å². The molecular formula is C13H18N2O4. The highest BCUT2D eigenvalue weighted by molar-refractivity contribution is 6.01. The van der Waals surface area contributed by atoms with Crippen LogP contribution in [0.5, 0.6) is 0 Å². The van der Waals surface area contributed by atoms with Crippen molar-refractivity contribution in [2.24, 2.45) is 5.73 Å². The molecule has 0 aromatic heterocycles. The minimum Gasteiger partial charge on any atom is -0.464 e. The van der Waals surface area contributed by atoms with Gasteiger partial charge in [-0.25, -0.2) is 4.79 Å². The molecular weight excluding hydrogens is 248 g/mol. The number of aliphatic hydroxyl groups excluding tert-OH is 1. The highest BCUT2D eigenvalue weighted by Gasteiger charge is 2.25. The summed E-state index contributed by atoms with van der Waals surface area (Å²) in [7, 11) is 0. The summed E-state index contributed by atoms with van der Waals surface area (Å²) in [5, 5.41) is 11.8. The average molecular weight is 266 g/mol. The van der Waals surface area contributed by atoms with E-state index in [4.69, 9.17) is 5.73 Å². The summed E-state index contributed by atoms with van der Waals surface area (Å²) in [6.07, 6.45) is 0. The van der Waals surface area contributed by atoms with Crippen LogP contribution in [0.25, 0.3) is 0 Å². The van der Waals surface area contributed by atoms with Crippen molar-refractivity contribution in [3.05, 3.63) is 35.9 Å². The largest absolute Gasteiger partial charge is 0.464 e. The number of hydrogen-bond acceptors (Lipinski definition) is 5. The monoisotopic (exact) mass is 266 g/mol. The van der Waals surface area contributed by atoms with Gasteiger partial charge in [0.2, 0.25) is 5.91 Å². The predicted octanol–water partition coefficient (Wildman–Crippen LogP) is -0.273. The van der Waals surface area contributed by atoms with Crippen LogP contribution in [0.2, 0.25) is 0 Å². The van der Waals surface area contributed by atoms with Gasteiger partial charge in [-0.1, -0.05) is 30.3 Å². The fourth-order valence-corrected chi connectivity index (χ4v) is 1.52. The Kier molecular flexibility index (Phi) is 5.98. The van der Waals surface area contributed by atoms with E-state index in [9.17, 15) is 14.7 Å². The maximum Gasteiger partial charge on any atom is 0.332 e. The van der Waals surface area contributed by atoms with Gasteiger partial charge in [0.25, 0.3) is 0 Å². The van der Waals surface area contributed by atoms with Crippen LogP contribution in [-0.4, -0.2) is 36.2 Å². The molecule has 4 N–H and O–H groups in total. The van der Waals surface area contributed by atoms with Crippen LogP contribution in [0.1, 0.15) is 18.5 Å². The van der Waals surface area contributed by atoms with E-state index in [-0.39, 0.29) is 13.2 Å². The van der Waals surface area contributed by atoms with Crippen molar-refractivity contribution in [3.63, 3.8) is 0 Å². The Hall–Kier alpha value is -1.92. The third kappa shape index (κ3) is 4.35. The van der Waals surface area contributed by atoms with Crippen LogP contribution >= 0.6 is 0 Å². The molecule has 6 heteroatoms. The first kappa shape index (κ1) is 15.1. The Bertz CT molecular complexity index is 422. The van der Waals surface area contributed by atoms with Crippen LogP contribution in [0.15, 0.2) is 30.3 Å². The minimum atomic E-state index is -1.39. The van der Waals surface area contributed by atoms with Gasteiger partial charge in [-0.15, -0.1) is 0 Å². The Morgan fingerprint density at radius 1 is 1.37 bits per heavy atom. The normalized spacial score (nSPS) is 13.4. The van der Waals surface area contributed by atoms with Gasteiger partial charge in [0.05, 0.1) is 19.3 Å². The van der Waals surface area contributed by atoms with Crippen LogP contribution in [0, 0.1) is 0 Å². The molecule has 0 spiro atoms. The SMILES string of the molecule is CCOC(=O)C(N)C(=O)N[C@H](CO)c1ccccc1. The van der Waals surface area contributed by atoms with Gasteiger partial charge in [0, 0.05) is 0 Å². The van der Waals surface area contributed by atoms with Crippen molar-refractivity contribution in [2.45, 2.75) is 19.0 Å². The highest BCUT2D eigenvalue weighted by Crippen LogP contribution is 2.11. The van der Waals surface area contributed by atoms with E-state index in [0.717, 1.165) is 5.56 Å². The van der Waals surface area contributed by atoms with Crippen molar-refractivity contribution >= 4 is 11.9 Å². The molecule has 19 heavy (non-hydrogen) atoms. The second-order valence-electron chi connectivity index (χ2n) is 3.88. The van der Waals surface area contributed by atoms with Gasteiger partial charge in [-0.2, -0.15) is 0 Å². The molecule has 1 aromatic carbocycles. The Morgan fingerprint density at radius 2 is 2.00 bits per heavy atom. The van der Waals surface area contributed by atoms with Gasteiger partial charge in [0.1, 0.15) is 0 Å². The number of benzene rings is 1. The molecule has 2 atom stereocenters. The molecule has 0 aliphatic carbocycles. The van der Waals surface area contributed by atoms with Gasteiger partial charge in [0.15, 0.2) is 6.04 Å². The average Bonchev–Trinajstić information content (AvgIpc) is 2.44. The number of amides is 1. The lowest BCUT2D eigenvalue weighted by atomic mass is 10.1. The zero-order valence-electron chi connectivity index (χ0n) is 10.7. The van der Waals surface area contributed by atoms with Gasteiger partial charge in [-0.05, 0) is 12.5 Å². The summed E-state index contributed by atoms with van der Waals surface area (Å²) in [5.74, 6) is -1.47. The van der Waals surface area contributed by atoms with Crippen molar-refractivity contribution < 1.29 is 19.4 Å². The molecule has 0 fully saturated rings. The summed E-state index contributed by atoms with van der Waals surface area (Å²) in [5.41, 5.74) is 6.19. The maximum absolute atomic E-state index is 11.8. The maximum atomic E-state index is 11.8. The lowest BCUT2D eigenvalue weighted by molar-refractivity contribution is -0.148. The van der Waals surface area contributed by atoms with E-state index in [2.05, 4.69) is 10.1 Å². The number of carbonyl (C=O) groups is 2. The first-order valence-electron chi connectivity index (χ1n) is 5.98. The molecule has 0 saturated carbocycles. The minimum absolute atomic E-state index is 0.155. The molecule has 0 heterocycles. The predicted molar refractivity (Wildman–Crippen MR) is 69.0 cm³/mol. The molecule has 0 radical (unpaired) electrons. The zero-order valence-corrected chi connectivity index (χ0v) is 10.7. The Labute approximate surface area is 111 Å². The Morgan fingerprint density at radius 3 is 2.53 bits per heavy atom. The fourth-order valence-electron chi connectivity index (χ4n) is 1.52. The topological polar surface area (TPSA) is 102 Å². The van der Waals surface area contributed by atoms with Crippen LogP contribution in [-0.2, 0) is 14.3 Å². The number of hydrogen-bond donors (Lipinski definition) is 3. The van der Waals surface area contributed by atoms with Crippen molar-refractivity contribution in [1.29, 1.82) is 0 Å². The van der Waals surface area contributed by atoms with Crippen LogP contribution in [0.3, 0.4) is 0 Å². The number of ether oxygens (including phenoxy) is 1. The first-order chi connectivity index (χ1) is 9.10. The van der Waals surface area contributed by atoms with Crippen molar-refractivity contribution in [2.75, 3.05) is 13.2 Å². The molecule has 1 unspecified atom stereocenters. The van der Waals surface area contributed by atoms with E-state index in [1.807, 2.05) is 6.07 Å². The van der Waals surface area contributed by atoms with E-state index in [1.54, 1.807) is 31.2 Å². The third-order valence-corrected chi connectivity index (χ3v) is 2.52. The van der Waals surface area contributed by atoms with Crippen LogP contribution < -0.4 is 11.1 Å². The second-order valence-corrected chi connectivity index (χ2v) is 3.88. The summed E-state index contributed by atoms with van der Waals surface area (Å²) < 4.78 is 4.66. The molecule has 1 rings (SSSR count). The zero-order chi connectivity index (χ0) is 14.3. The molecule has 0 bridgehead atoms. The number of esters is 1. The van der Waals surface area contributed by atoms with Crippen molar-refractivity contribution in [3.8, 4) is 0 Å². The van der Waals surface area contributed by atoms with Crippen LogP contribution in [0.4, 0.5) is 0 Å². The van der Waals surface area contributed by atoms with Gasteiger partial charge in [-0.3, -0.25) is 4.79 Å². The lowest BCUT2D eigenvalue weighted by Crippen LogP contribution is -2.48. The number of nitrogens with two attached hydrogens (primary N) is 1. The molecule has 0 aliphatic rings. The summed E-state index contributed by atoms with van der Waals surface area (Å²) >= 11 is 0. The van der Waals surface area contributed by atoms with E-state index < -0.39 is 24.0 Å². The Balaban J connectivity index is 2.66. The molecule has 6 nitrogen and oxygen atoms in total. The first-order valence-corrected chi connectivity index (χ1v) is 5.98. The highest BCUT2D eigenvalue weighted by atomic mass is 16.5.